The van der Waals surface area contributed by atoms with Crippen molar-refractivity contribution < 1.29 is 9.53 Å². The topological polar surface area (TPSA) is 26.3 Å². The summed E-state index contributed by atoms with van der Waals surface area (Å²) in [4.78, 5) is 11.4. The molecule has 2 heteroatoms. The Kier molecular flexibility index (Phi) is 3.92. The van der Waals surface area contributed by atoms with Gasteiger partial charge in [0.1, 0.15) is 5.75 Å². The Morgan fingerprint density at radius 2 is 2.00 bits per heavy atom. The Morgan fingerprint density at radius 1 is 1.36 bits per heavy atom. The van der Waals surface area contributed by atoms with Gasteiger partial charge in [0.2, 0.25) is 0 Å². The van der Waals surface area contributed by atoms with Crippen molar-refractivity contribution in [2.45, 2.75) is 13.8 Å². The molecule has 1 aromatic rings. The fraction of sp³-hybridized carbons (Fsp3) is 0.250. The van der Waals surface area contributed by atoms with Crippen LogP contribution in [0, 0.1) is 0 Å². The molecule has 0 bridgehead atoms. The Hall–Kier alpha value is -1.57. The highest BCUT2D eigenvalue weighted by Gasteiger charge is 2.00. The molecule has 0 radical (unpaired) electrons. The first-order valence-electron chi connectivity index (χ1n) is 4.67. The highest BCUT2D eigenvalue weighted by atomic mass is 16.5. The molecule has 74 valence electrons. The zero-order chi connectivity index (χ0) is 10.4. The van der Waals surface area contributed by atoms with Gasteiger partial charge < -0.3 is 4.74 Å². The van der Waals surface area contributed by atoms with Crippen LogP contribution in [-0.4, -0.2) is 12.4 Å². The highest BCUT2D eigenvalue weighted by molar-refractivity contribution is 6.04. The van der Waals surface area contributed by atoms with Crippen molar-refractivity contribution in [2.75, 3.05) is 6.61 Å². The molecular weight excluding hydrogens is 176 g/mol. The standard InChI is InChI=1S/C12H14O2/c1-3-5-12(13)10-6-8-11(9-7-10)14-4-2/h3,5-9H,4H2,1-2H3/b5-3+. The molecule has 0 heterocycles. The summed E-state index contributed by atoms with van der Waals surface area (Å²) in [6, 6.07) is 7.15. The Bertz CT molecular complexity index is 323. The molecule has 0 N–H and O–H groups in total. The summed E-state index contributed by atoms with van der Waals surface area (Å²) >= 11 is 0. The Balaban J connectivity index is 2.77. The first-order valence-corrected chi connectivity index (χ1v) is 4.67. The van der Waals surface area contributed by atoms with Crippen LogP contribution in [0.2, 0.25) is 0 Å². The van der Waals surface area contributed by atoms with Crippen molar-refractivity contribution in [3.63, 3.8) is 0 Å². The third-order valence-electron chi connectivity index (χ3n) is 1.77. The summed E-state index contributed by atoms with van der Waals surface area (Å²) in [6.45, 7) is 4.40. The molecule has 0 amide bonds. The quantitative estimate of drug-likeness (QED) is 0.539. The molecule has 14 heavy (non-hydrogen) atoms. The number of benzene rings is 1. The first kappa shape index (κ1) is 10.5. The lowest BCUT2D eigenvalue weighted by Gasteiger charge is -2.02. The van der Waals surface area contributed by atoms with E-state index in [9.17, 15) is 4.79 Å². The van der Waals surface area contributed by atoms with Gasteiger partial charge in [-0.05, 0) is 44.2 Å². The highest BCUT2D eigenvalue weighted by Crippen LogP contribution is 2.12. The van der Waals surface area contributed by atoms with Gasteiger partial charge in [-0.1, -0.05) is 6.08 Å². The minimum Gasteiger partial charge on any atom is -0.494 e. The minimum absolute atomic E-state index is 0.0237. The largest absolute Gasteiger partial charge is 0.494 e. The average molecular weight is 190 g/mol. The van der Waals surface area contributed by atoms with Crippen LogP contribution < -0.4 is 4.74 Å². The van der Waals surface area contributed by atoms with Crippen molar-refractivity contribution in [1.82, 2.24) is 0 Å². The van der Waals surface area contributed by atoms with E-state index in [1.807, 2.05) is 13.8 Å². The summed E-state index contributed by atoms with van der Waals surface area (Å²) in [7, 11) is 0. The van der Waals surface area contributed by atoms with Gasteiger partial charge in [0.15, 0.2) is 5.78 Å². The van der Waals surface area contributed by atoms with Crippen LogP contribution in [0.5, 0.6) is 5.75 Å². The molecule has 0 unspecified atom stereocenters. The van der Waals surface area contributed by atoms with Crippen LogP contribution in [-0.2, 0) is 0 Å². The lowest BCUT2D eigenvalue weighted by atomic mass is 10.1. The molecule has 0 saturated carbocycles. The maximum atomic E-state index is 11.4. The number of carbonyl (C=O) groups excluding carboxylic acids is 1. The second-order valence-corrected chi connectivity index (χ2v) is 2.82. The predicted molar refractivity (Wildman–Crippen MR) is 56.8 cm³/mol. The van der Waals surface area contributed by atoms with E-state index in [0.717, 1.165) is 5.75 Å². The van der Waals surface area contributed by atoms with Crippen LogP contribution in [0.15, 0.2) is 36.4 Å². The molecule has 0 spiro atoms. The first-order chi connectivity index (χ1) is 6.77. The van der Waals surface area contributed by atoms with E-state index in [1.54, 1.807) is 36.4 Å². The van der Waals surface area contributed by atoms with Crippen LogP contribution >= 0.6 is 0 Å². The van der Waals surface area contributed by atoms with Crippen LogP contribution in [0.4, 0.5) is 0 Å². The van der Waals surface area contributed by atoms with Crippen LogP contribution in [0.25, 0.3) is 0 Å². The average Bonchev–Trinajstić information content (AvgIpc) is 2.20. The molecule has 0 saturated heterocycles. The maximum absolute atomic E-state index is 11.4. The van der Waals surface area contributed by atoms with Gasteiger partial charge in [0, 0.05) is 5.56 Å². The molecule has 1 aromatic carbocycles. The van der Waals surface area contributed by atoms with Crippen molar-refractivity contribution in [3.8, 4) is 5.75 Å². The fourth-order valence-electron chi connectivity index (χ4n) is 1.13. The monoisotopic (exact) mass is 190 g/mol. The SMILES string of the molecule is C/C=C/C(=O)c1ccc(OCC)cc1. The molecule has 0 atom stereocenters. The van der Waals surface area contributed by atoms with Crippen molar-refractivity contribution >= 4 is 5.78 Å². The number of ether oxygens (including phenoxy) is 1. The molecular formula is C12H14O2. The second kappa shape index (κ2) is 5.22. The van der Waals surface area contributed by atoms with E-state index >= 15 is 0 Å². The van der Waals surface area contributed by atoms with Crippen LogP contribution in [0.1, 0.15) is 24.2 Å². The number of hydrogen-bond acceptors (Lipinski definition) is 2. The third-order valence-corrected chi connectivity index (χ3v) is 1.77. The number of ketones is 1. The number of allylic oxidation sites excluding steroid dienone is 2. The molecule has 0 aliphatic carbocycles. The molecule has 0 fully saturated rings. The Labute approximate surface area is 84.2 Å². The van der Waals surface area contributed by atoms with Gasteiger partial charge in [-0.2, -0.15) is 0 Å². The zero-order valence-corrected chi connectivity index (χ0v) is 8.49. The van der Waals surface area contributed by atoms with E-state index in [2.05, 4.69) is 0 Å². The van der Waals surface area contributed by atoms with E-state index in [0.29, 0.717) is 12.2 Å². The molecule has 0 aliphatic rings. The summed E-state index contributed by atoms with van der Waals surface area (Å²) < 4.78 is 5.27. The molecule has 2 nitrogen and oxygen atoms in total. The summed E-state index contributed by atoms with van der Waals surface area (Å²) in [5.41, 5.74) is 0.687. The van der Waals surface area contributed by atoms with Gasteiger partial charge in [0.25, 0.3) is 0 Å². The van der Waals surface area contributed by atoms with E-state index in [1.165, 1.54) is 0 Å². The zero-order valence-electron chi connectivity index (χ0n) is 8.49. The summed E-state index contributed by atoms with van der Waals surface area (Å²) in [5, 5.41) is 0. The normalized spacial score (nSPS) is 10.4. The molecule has 0 aromatic heterocycles. The van der Waals surface area contributed by atoms with Gasteiger partial charge in [0.05, 0.1) is 6.61 Å². The maximum Gasteiger partial charge on any atom is 0.185 e. The van der Waals surface area contributed by atoms with E-state index in [4.69, 9.17) is 4.74 Å². The van der Waals surface area contributed by atoms with Gasteiger partial charge in [-0.25, -0.2) is 0 Å². The smallest absolute Gasteiger partial charge is 0.185 e. The third kappa shape index (κ3) is 2.73. The Morgan fingerprint density at radius 3 is 2.50 bits per heavy atom. The van der Waals surface area contributed by atoms with E-state index in [-0.39, 0.29) is 5.78 Å². The minimum atomic E-state index is 0.0237. The predicted octanol–water partition coefficient (Wildman–Crippen LogP) is 2.84. The van der Waals surface area contributed by atoms with Gasteiger partial charge >= 0.3 is 0 Å². The van der Waals surface area contributed by atoms with Gasteiger partial charge in [-0.15, -0.1) is 0 Å². The van der Waals surface area contributed by atoms with Crippen molar-refractivity contribution in [1.29, 1.82) is 0 Å². The number of hydrogen-bond donors (Lipinski definition) is 0. The molecule has 0 aliphatic heterocycles. The number of rotatable bonds is 4. The van der Waals surface area contributed by atoms with E-state index < -0.39 is 0 Å². The summed E-state index contributed by atoms with van der Waals surface area (Å²) in [5.74, 6) is 0.820. The molecule has 1 rings (SSSR count). The lowest BCUT2D eigenvalue weighted by molar-refractivity contribution is 0.104. The lowest BCUT2D eigenvalue weighted by Crippen LogP contribution is -1.95. The van der Waals surface area contributed by atoms with Crippen molar-refractivity contribution in [2.24, 2.45) is 0 Å². The van der Waals surface area contributed by atoms with Crippen molar-refractivity contribution in [3.05, 3.63) is 42.0 Å². The van der Waals surface area contributed by atoms with Crippen LogP contribution in [0.3, 0.4) is 0 Å². The fourth-order valence-corrected chi connectivity index (χ4v) is 1.13. The summed E-state index contributed by atoms with van der Waals surface area (Å²) in [6.07, 6.45) is 3.29. The number of carbonyl (C=O) groups is 1. The second-order valence-electron chi connectivity index (χ2n) is 2.82. The van der Waals surface area contributed by atoms with Gasteiger partial charge in [-0.3, -0.25) is 4.79 Å².